The number of nitrogens with zero attached hydrogens (tertiary/aromatic N) is 3. The molecule has 2 fully saturated rings. The third kappa shape index (κ3) is 3.44. The molecule has 116 valence electrons. The van der Waals surface area contributed by atoms with Crippen molar-refractivity contribution in [3.05, 3.63) is 0 Å². The van der Waals surface area contributed by atoms with Crippen LogP contribution < -0.4 is 5.32 Å². The van der Waals surface area contributed by atoms with Crippen molar-refractivity contribution < 1.29 is 4.74 Å². The van der Waals surface area contributed by atoms with Gasteiger partial charge in [0.15, 0.2) is 5.96 Å². The van der Waals surface area contributed by atoms with E-state index in [-0.39, 0.29) is 5.41 Å². The number of rotatable bonds is 5. The molecule has 0 aromatic rings. The maximum absolute atomic E-state index is 5.31. The van der Waals surface area contributed by atoms with Gasteiger partial charge in [0.25, 0.3) is 0 Å². The van der Waals surface area contributed by atoms with Crippen molar-refractivity contribution in [1.29, 1.82) is 0 Å². The van der Waals surface area contributed by atoms with E-state index >= 15 is 0 Å². The highest BCUT2D eigenvalue weighted by atomic mass is 16.5. The van der Waals surface area contributed by atoms with Crippen LogP contribution in [0.25, 0.3) is 0 Å². The highest BCUT2D eigenvalue weighted by Gasteiger charge is 2.34. The second-order valence-corrected chi connectivity index (χ2v) is 6.31. The summed E-state index contributed by atoms with van der Waals surface area (Å²) in [7, 11) is 1.88. The molecule has 2 rings (SSSR count). The largest absolute Gasteiger partial charge is 0.380 e. The zero-order valence-electron chi connectivity index (χ0n) is 13.5. The Morgan fingerprint density at radius 3 is 2.60 bits per heavy atom. The van der Waals surface area contributed by atoms with Crippen molar-refractivity contribution in [2.75, 3.05) is 53.0 Å². The molecule has 0 spiro atoms. The van der Waals surface area contributed by atoms with Gasteiger partial charge < -0.3 is 15.0 Å². The molecule has 0 bridgehead atoms. The Labute approximate surface area is 123 Å². The van der Waals surface area contributed by atoms with E-state index in [1.807, 2.05) is 7.05 Å². The van der Waals surface area contributed by atoms with E-state index in [4.69, 9.17) is 4.74 Å². The molecular formula is C15H30N4O. The van der Waals surface area contributed by atoms with Gasteiger partial charge in [-0.3, -0.25) is 9.89 Å². The first kappa shape index (κ1) is 15.6. The Morgan fingerprint density at radius 2 is 2.10 bits per heavy atom. The lowest BCUT2D eigenvalue weighted by molar-refractivity contribution is -0.0972. The molecule has 2 heterocycles. The van der Waals surface area contributed by atoms with Gasteiger partial charge in [-0.2, -0.15) is 0 Å². The van der Waals surface area contributed by atoms with Gasteiger partial charge >= 0.3 is 0 Å². The lowest BCUT2D eigenvalue weighted by atomic mass is 9.89. The minimum atomic E-state index is 0.286. The van der Waals surface area contributed by atoms with Gasteiger partial charge in [0.1, 0.15) is 0 Å². The quantitative estimate of drug-likeness (QED) is 0.603. The first-order chi connectivity index (χ1) is 9.61. The van der Waals surface area contributed by atoms with Crippen LogP contribution >= 0.6 is 0 Å². The smallest absolute Gasteiger partial charge is 0.193 e. The monoisotopic (exact) mass is 282 g/mol. The van der Waals surface area contributed by atoms with E-state index in [1.54, 1.807) is 0 Å². The maximum Gasteiger partial charge on any atom is 0.193 e. The Kier molecular flexibility index (Phi) is 5.27. The minimum absolute atomic E-state index is 0.286. The molecule has 0 aromatic heterocycles. The summed E-state index contributed by atoms with van der Waals surface area (Å²) >= 11 is 0. The molecule has 0 amide bonds. The summed E-state index contributed by atoms with van der Waals surface area (Å²) in [6, 6.07) is 0.672. The van der Waals surface area contributed by atoms with Gasteiger partial charge in [-0.25, -0.2) is 0 Å². The number of likely N-dealkylation sites (N-methyl/N-ethyl adjacent to an activating group) is 1. The number of ether oxygens (including phenoxy) is 1. The van der Waals surface area contributed by atoms with Crippen LogP contribution in [0.5, 0.6) is 0 Å². The molecule has 2 saturated heterocycles. The molecule has 1 unspecified atom stereocenters. The third-order valence-electron chi connectivity index (χ3n) is 4.58. The summed E-state index contributed by atoms with van der Waals surface area (Å²) < 4.78 is 5.31. The molecule has 1 atom stereocenters. The fraction of sp³-hybridized carbons (Fsp3) is 0.933. The van der Waals surface area contributed by atoms with Crippen LogP contribution in [-0.4, -0.2) is 74.8 Å². The lowest BCUT2D eigenvalue weighted by Crippen LogP contribution is -2.52. The molecule has 0 radical (unpaired) electrons. The summed E-state index contributed by atoms with van der Waals surface area (Å²) in [5.74, 6) is 1.05. The minimum Gasteiger partial charge on any atom is -0.380 e. The first-order valence-corrected chi connectivity index (χ1v) is 7.89. The van der Waals surface area contributed by atoms with Gasteiger partial charge in [-0.05, 0) is 19.5 Å². The van der Waals surface area contributed by atoms with Crippen LogP contribution in [0.4, 0.5) is 0 Å². The summed E-state index contributed by atoms with van der Waals surface area (Å²) in [6.07, 6.45) is 1.24. The number of likely N-dealkylation sites (tertiary alicyclic amines) is 1. The van der Waals surface area contributed by atoms with Crippen molar-refractivity contribution in [1.82, 2.24) is 15.1 Å². The third-order valence-corrected chi connectivity index (χ3v) is 4.58. The molecule has 5 heteroatoms. The van der Waals surface area contributed by atoms with Gasteiger partial charge in [-0.15, -0.1) is 0 Å². The van der Waals surface area contributed by atoms with Crippen molar-refractivity contribution in [3.63, 3.8) is 0 Å². The SMILES string of the molecule is CCN(CC)C1CCN(C(=NC)NCC2(C)COC2)C1. The zero-order valence-corrected chi connectivity index (χ0v) is 13.5. The average Bonchev–Trinajstić information content (AvgIpc) is 2.88. The summed E-state index contributed by atoms with van der Waals surface area (Å²) in [4.78, 5) is 9.39. The van der Waals surface area contributed by atoms with Crippen LogP contribution in [0.1, 0.15) is 27.2 Å². The Bertz CT molecular complexity index is 337. The molecule has 1 N–H and O–H groups in total. The maximum atomic E-state index is 5.31. The fourth-order valence-corrected chi connectivity index (χ4v) is 3.15. The normalized spacial score (nSPS) is 25.9. The van der Waals surface area contributed by atoms with E-state index in [2.05, 4.69) is 40.9 Å². The molecule has 0 aliphatic carbocycles. The number of guanidine groups is 1. The molecule has 0 saturated carbocycles. The lowest BCUT2D eigenvalue weighted by Gasteiger charge is -2.39. The van der Waals surface area contributed by atoms with E-state index in [9.17, 15) is 0 Å². The molecule has 2 aliphatic heterocycles. The number of aliphatic imine (C=N–C) groups is 1. The second-order valence-electron chi connectivity index (χ2n) is 6.31. The van der Waals surface area contributed by atoms with Crippen LogP contribution in [0.2, 0.25) is 0 Å². The molecule has 0 aromatic carbocycles. The van der Waals surface area contributed by atoms with Gasteiger partial charge in [0.2, 0.25) is 0 Å². The molecular weight excluding hydrogens is 252 g/mol. The summed E-state index contributed by atoms with van der Waals surface area (Å²) in [5, 5.41) is 3.53. The molecule has 5 nitrogen and oxygen atoms in total. The summed E-state index contributed by atoms with van der Waals surface area (Å²) in [5.41, 5.74) is 0.286. The highest BCUT2D eigenvalue weighted by Crippen LogP contribution is 2.25. The van der Waals surface area contributed by atoms with Crippen molar-refractivity contribution in [3.8, 4) is 0 Å². The first-order valence-electron chi connectivity index (χ1n) is 7.89. The van der Waals surface area contributed by atoms with Gasteiger partial charge in [0, 0.05) is 38.1 Å². The highest BCUT2D eigenvalue weighted by molar-refractivity contribution is 5.80. The second kappa shape index (κ2) is 6.76. The Morgan fingerprint density at radius 1 is 1.40 bits per heavy atom. The predicted octanol–water partition coefficient (Wildman–Crippen LogP) is 1.01. The topological polar surface area (TPSA) is 40.1 Å². The van der Waals surface area contributed by atoms with Crippen LogP contribution in [0, 0.1) is 5.41 Å². The Balaban J connectivity index is 1.83. The van der Waals surface area contributed by atoms with E-state index in [0.717, 1.165) is 51.9 Å². The van der Waals surface area contributed by atoms with E-state index in [0.29, 0.717) is 6.04 Å². The Hall–Kier alpha value is -0.810. The average molecular weight is 282 g/mol. The number of nitrogens with one attached hydrogen (secondary N) is 1. The van der Waals surface area contributed by atoms with E-state index in [1.165, 1.54) is 6.42 Å². The molecule has 20 heavy (non-hydrogen) atoms. The standard InChI is InChI=1S/C15H30N4O/c1-5-18(6-2)13-7-8-19(9-13)14(16-4)17-10-15(3)11-20-12-15/h13H,5-12H2,1-4H3,(H,16,17). The van der Waals surface area contributed by atoms with Crippen LogP contribution in [-0.2, 0) is 4.74 Å². The molecule has 2 aliphatic rings. The number of hydrogen-bond acceptors (Lipinski definition) is 3. The number of hydrogen-bond donors (Lipinski definition) is 1. The summed E-state index contributed by atoms with van der Waals surface area (Å²) in [6.45, 7) is 13.9. The van der Waals surface area contributed by atoms with Crippen molar-refractivity contribution in [2.24, 2.45) is 10.4 Å². The zero-order chi connectivity index (χ0) is 14.6. The van der Waals surface area contributed by atoms with Gasteiger partial charge in [-0.1, -0.05) is 20.8 Å². The van der Waals surface area contributed by atoms with Crippen LogP contribution in [0.3, 0.4) is 0 Å². The van der Waals surface area contributed by atoms with Crippen molar-refractivity contribution in [2.45, 2.75) is 33.2 Å². The predicted molar refractivity (Wildman–Crippen MR) is 83.2 cm³/mol. The van der Waals surface area contributed by atoms with Gasteiger partial charge in [0.05, 0.1) is 13.2 Å². The van der Waals surface area contributed by atoms with Crippen LogP contribution in [0.15, 0.2) is 4.99 Å². The van der Waals surface area contributed by atoms with E-state index < -0.39 is 0 Å². The van der Waals surface area contributed by atoms with Crippen molar-refractivity contribution >= 4 is 5.96 Å². The fourth-order valence-electron chi connectivity index (χ4n) is 3.15.